The van der Waals surface area contributed by atoms with Crippen LogP contribution in [0.5, 0.6) is 0 Å². The second-order valence-electron chi connectivity index (χ2n) is 5.02. The molecule has 2 heteroatoms. The van der Waals surface area contributed by atoms with Crippen molar-refractivity contribution in [1.82, 2.24) is 0 Å². The molecule has 2 aromatic rings. The Labute approximate surface area is 114 Å². The molecular formula is C17H19NO. The molecule has 2 aromatic carbocycles. The number of primary amides is 1. The monoisotopic (exact) mass is 253 g/mol. The van der Waals surface area contributed by atoms with Crippen molar-refractivity contribution < 1.29 is 4.79 Å². The Bertz CT molecular complexity index is 615. The maximum absolute atomic E-state index is 11.7. The Morgan fingerprint density at radius 1 is 1.05 bits per heavy atom. The number of amides is 1. The lowest BCUT2D eigenvalue weighted by Gasteiger charge is -2.16. The highest BCUT2D eigenvalue weighted by molar-refractivity contribution is 5.96. The van der Waals surface area contributed by atoms with Gasteiger partial charge in [0.25, 0.3) is 0 Å². The number of carbonyl (C=O) groups is 1. The van der Waals surface area contributed by atoms with E-state index in [0.29, 0.717) is 5.56 Å². The number of nitrogens with two attached hydrogens (primary N) is 1. The predicted octanol–water partition coefficient (Wildman–Crippen LogP) is 3.30. The van der Waals surface area contributed by atoms with Crippen LogP contribution in [-0.4, -0.2) is 5.91 Å². The molecule has 0 spiro atoms. The van der Waals surface area contributed by atoms with Gasteiger partial charge in [0.15, 0.2) is 0 Å². The van der Waals surface area contributed by atoms with Gasteiger partial charge in [0.2, 0.25) is 5.91 Å². The number of benzene rings is 2. The van der Waals surface area contributed by atoms with Gasteiger partial charge < -0.3 is 5.73 Å². The predicted molar refractivity (Wildman–Crippen MR) is 78.4 cm³/mol. The molecule has 0 atom stereocenters. The van der Waals surface area contributed by atoms with E-state index in [0.717, 1.165) is 23.1 Å². The third-order valence-corrected chi connectivity index (χ3v) is 3.64. The van der Waals surface area contributed by atoms with Crippen LogP contribution in [0.25, 0.3) is 0 Å². The molecule has 0 aliphatic carbocycles. The Morgan fingerprint density at radius 2 is 1.68 bits per heavy atom. The van der Waals surface area contributed by atoms with Gasteiger partial charge in [-0.3, -0.25) is 4.79 Å². The molecule has 98 valence electrons. The van der Waals surface area contributed by atoms with Gasteiger partial charge in [-0.05, 0) is 55.0 Å². The van der Waals surface area contributed by atoms with E-state index in [1.807, 2.05) is 31.2 Å². The van der Waals surface area contributed by atoms with Gasteiger partial charge in [-0.25, -0.2) is 0 Å². The smallest absolute Gasteiger partial charge is 0.249 e. The number of aryl methyl sites for hydroxylation is 2. The summed E-state index contributed by atoms with van der Waals surface area (Å²) >= 11 is 0. The summed E-state index contributed by atoms with van der Waals surface area (Å²) in [5, 5.41) is 0. The van der Waals surface area contributed by atoms with Crippen LogP contribution in [0.4, 0.5) is 0 Å². The van der Waals surface area contributed by atoms with Crippen molar-refractivity contribution in [1.29, 1.82) is 0 Å². The third-order valence-electron chi connectivity index (χ3n) is 3.64. The van der Waals surface area contributed by atoms with Crippen LogP contribution in [0, 0.1) is 20.8 Å². The van der Waals surface area contributed by atoms with Gasteiger partial charge in [-0.2, -0.15) is 0 Å². The van der Waals surface area contributed by atoms with E-state index < -0.39 is 0 Å². The van der Waals surface area contributed by atoms with Crippen LogP contribution in [0.1, 0.15) is 38.2 Å². The van der Waals surface area contributed by atoms with Crippen molar-refractivity contribution in [3.63, 3.8) is 0 Å². The van der Waals surface area contributed by atoms with Gasteiger partial charge in [0.05, 0.1) is 0 Å². The van der Waals surface area contributed by atoms with Crippen molar-refractivity contribution in [2.75, 3.05) is 0 Å². The van der Waals surface area contributed by atoms with E-state index >= 15 is 0 Å². The van der Waals surface area contributed by atoms with E-state index in [2.05, 4.69) is 26.0 Å². The lowest BCUT2D eigenvalue weighted by molar-refractivity contribution is 0.0999. The molecule has 0 bridgehead atoms. The van der Waals surface area contributed by atoms with E-state index in [1.165, 1.54) is 11.1 Å². The van der Waals surface area contributed by atoms with Crippen LogP contribution in [0.15, 0.2) is 36.4 Å². The van der Waals surface area contributed by atoms with E-state index in [-0.39, 0.29) is 5.91 Å². The Morgan fingerprint density at radius 3 is 2.26 bits per heavy atom. The third kappa shape index (κ3) is 2.68. The van der Waals surface area contributed by atoms with Gasteiger partial charge in [0, 0.05) is 5.56 Å². The zero-order chi connectivity index (χ0) is 14.0. The minimum atomic E-state index is -0.341. The molecule has 0 aromatic heterocycles. The topological polar surface area (TPSA) is 43.1 Å². The lowest BCUT2D eigenvalue weighted by Crippen LogP contribution is -2.17. The lowest BCUT2D eigenvalue weighted by atomic mass is 9.89. The molecule has 0 fully saturated rings. The van der Waals surface area contributed by atoms with Crippen molar-refractivity contribution in [2.24, 2.45) is 5.73 Å². The molecule has 0 saturated carbocycles. The normalized spacial score (nSPS) is 10.5. The SMILES string of the molecule is Cc1cc(C)c(C(N)=O)c(Cc2ccccc2)c1C. The fourth-order valence-corrected chi connectivity index (χ4v) is 2.53. The highest BCUT2D eigenvalue weighted by Crippen LogP contribution is 2.24. The first-order chi connectivity index (χ1) is 9.00. The number of carbonyl (C=O) groups excluding carboxylic acids is 1. The first-order valence-corrected chi connectivity index (χ1v) is 6.44. The second-order valence-corrected chi connectivity index (χ2v) is 5.02. The van der Waals surface area contributed by atoms with Crippen molar-refractivity contribution in [3.05, 3.63) is 69.8 Å². The van der Waals surface area contributed by atoms with Gasteiger partial charge >= 0.3 is 0 Å². The van der Waals surface area contributed by atoms with Crippen molar-refractivity contribution >= 4 is 5.91 Å². The first kappa shape index (κ1) is 13.3. The zero-order valence-electron chi connectivity index (χ0n) is 11.7. The van der Waals surface area contributed by atoms with Crippen LogP contribution in [0.3, 0.4) is 0 Å². The minimum absolute atomic E-state index is 0.341. The number of rotatable bonds is 3. The molecule has 2 rings (SSSR count). The van der Waals surface area contributed by atoms with Gasteiger partial charge in [-0.15, -0.1) is 0 Å². The highest BCUT2D eigenvalue weighted by Gasteiger charge is 2.16. The van der Waals surface area contributed by atoms with Crippen molar-refractivity contribution in [3.8, 4) is 0 Å². The molecule has 0 aliphatic rings. The molecule has 0 aliphatic heterocycles. The number of hydrogen-bond acceptors (Lipinski definition) is 1. The Kier molecular flexibility index (Phi) is 3.70. The maximum atomic E-state index is 11.7. The molecule has 19 heavy (non-hydrogen) atoms. The van der Waals surface area contributed by atoms with E-state index in [1.54, 1.807) is 0 Å². The van der Waals surface area contributed by atoms with Crippen LogP contribution in [-0.2, 0) is 6.42 Å². The van der Waals surface area contributed by atoms with E-state index in [4.69, 9.17) is 5.73 Å². The standard InChI is InChI=1S/C17H19NO/c1-11-9-12(2)16(17(18)19)15(13(11)3)10-14-7-5-4-6-8-14/h4-9H,10H2,1-3H3,(H2,18,19). The molecule has 2 nitrogen and oxygen atoms in total. The zero-order valence-corrected chi connectivity index (χ0v) is 11.7. The molecule has 2 N–H and O–H groups in total. The fourth-order valence-electron chi connectivity index (χ4n) is 2.53. The Hall–Kier alpha value is -2.09. The van der Waals surface area contributed by atoms with Crippen LogP contribution in [0.2, 0.25) is 0 Å². The molecule has 0 unspecified atom stereocenters. The summed E-state index contributed by atoms with van der Waals surface area (Å²) in [7, 11) is 0. The van der Waals surface area contributed by atoms with Crippen LogP contribution >= 0.6 is 0 Å². The quantitative estimate of drug-likeness (QED) is 0.896. The van der Waals surface area contributed by atoms with Crippen LogP contribution < -0.4 is 5.73 Å². The minimum Gasteiger partial charge on any atom is -0.366 e. The largest absolute Gasteiger partial charge is 0.366 e. The summed E-state index contributed by atoms with van der Waals surface area (Å²) in [4.78, 5) is 11.7. The second kappa shape index (κ2) is 5.27. The summed E-state index contributed by atoms with van der Waals surface area (Å²) in [5.74, 6) is -0.341. The van der Waals surface area contributed by atoms with Gasteiger partial charge in [-0.1, -0.05) is 36.4 Å². The molecule has 0 saturated heterocycles. The molecule has 1 amide bonds. The molecular weight excluding hydrogens is 234 g/mol. The summed E-state index contributed by atoms with van der Waals surface area (Å²) in [6, 6.07) is 12.2. The Balaban J connectivity index is 2.57. The van der Waals surface area contributed by atoms with Gasteiger partial charge in [0.1, 0.15) is 0 Å². The average molecular weight is 253 g/mol. The molecule has 0 heterocycles. The molecule has 0 radical (unpaired) electrons. The highest BCUT2D eigenvalue weighted by atomic mass is 16.1. The summed E-state index contributed by atoms with van der Waals surface area (Å²) in [6.07, 6.45) is 0.744. The first-order valence-electron chi connectivity index (χ1n) is 6.44. The average Bonchev–Trinajstić information content (AvgIpc) is 2.36. The summed E-state index contributed by atoms with van der Waals surface area (Å²) in [6.45, 7) is 6.07. The summed E-state index contributed by atoms with van der Waals surface area (Å²) < 4.78 is 0. The number of hydrogen-bond donors (Lipinski definition) is 1. The van der Waals surface area contributed by atoms with E-state index in [9.17, 15) is 4.79 Å². The maximum Gasteiger partial charge on any atom is 0.249 e. The fraction of sp³-hybridized carbons (Fsp3) is 0.235. The van der Waals surface area contributed by atoms with Crippen molar-refractivity contribution in [2.45, 2.75) is 27.2 Å². The summed E-state index contributed by atoms with van der Waals surface area (Å²) in [5.41, 5.74) is 11.8.